The van der Waals surface area contributed by atoms with Crippen LogP contribution in [0.4, 0.5) is 11.4 Å². The number of thiocarbonyl (C=S) groups is 1. The first-order valence-corrected chi connectivity index (χ1v) is 11.2. The lowest BCUT2D eigenvalue weighted by molar-refractivity contribution is -0.122. The number of amides is 2. The molecule has 2 aromatic carbocycles. The van der Waals surface area contributed by atoms with E-state index in [1.54, 1.807) is 13.2 Å². The lowest BCUT2D eigenvalue weighted by Gasteiger charge is -2.30. The van der Waals surface area contributed by atoms with Crippen molar-refractivity contribution in [1.82, 2.24) is 5.32 Å². The molecule has 0 aliphatic carbocycles. The van der Waals surface area contributed by atoms with E-state index < -0.39 is 11.8 Å². The molecule has 0 aromatic heterocycles. The smallest absolute Gasteiger partial charge is 0.270 e. The van der Waals surface area contributed by atoms with Crippen LogP contribution in [-0.4, -0.2) is 37.1 Å². The molecule has 4 rings (SSSR count). The van der Waals surface area contributed by atoms with Crippen LogP contribution in [0.2, 0.25) is 0 Å². The number of carbonyl (C=O) groups excluding carboxylic acids is 2. The number of piperidine rings is 1. The van der Waals surface area contributed by atoms with E-state index in [-0.39, 0.29) is 10.7 Å². The lowest BCUT2D eigenvalue weighted by Crippen LogP contribution is -2.54. The van der Waals surface area contributed by atoms with Gasteiger partial charge in [-0.05, 0) is 86.8 Å². The molecule has 6 nitrogen and oxygen atoms in total. The molecule has 0 unspecified atom stereocenters. The van der Waals surface area contributed by atoms with Crippen LogP contribution >= 0.6 is 12.2 Å². The number of methoxy groups -OCH3 is 1. The molecule has 0 bridgehead atoms. The second kappa shape index (κ2) is 9.12. The van der Waals surface area contributed by atoms with Gasteiger partial charge in [0.15, 0.2) is 5.11 Å². The topological polar surface area (TPSA) is 61.9 Å². The van der Waals surface area contributed by atoms with E-state index in [0.717, 1.165) is 29.9 Å². The molecule has 1 N–H and O–H groups in total. The van der Waals surface area contributed by atoms with Crippen LogP contribution in [0.5, 0.6) is 5.75 Å². The first-order chi connectivity index (χ1) is 15.4. The Balaban J connectivity index is 1.69. The van der Waals surface area contributed by atoms with Gasteiger partial charge in [0, 0.05) is 30.4 Å². The molecular formula is C25H27N3O3S. The van der Waals surface area contributed by atoms with E-state index in [1.165, 1.54) is 24.2 Å². The van der Waals surface area contributed by atoms with Gasteiger partial charge in [-0.2, -0.15) is 0 Å². The minimum Gasteiger partial charge on any atom is -0.496 e. The highest BCUT2D eigenvalue weighted by Gasteiger charge is 2.34. The molecule has 0 saturated carbocycles. The van der Waals surface area contributed by atoms with Crippen LogP contribution in [0.15, 0.2) is 42.0 Å². The summed E-state index contributed by atoms with van der Waals surface area (Å²) in [5.41, 5.74) is 4.42. The molecule has 7 heteroatoms. The second-order valence-corrected chi connectivity index (χ2v) is 8.66. The van der Waals surface area contributed by atoms with Gasteiger partial charge in [0.25, 0.3) is 11.8 Å². The van der Waals surface area contributed by atoms with Gasteiger partial charge in [-0.15, -0.1) is 0 Å². The van der Waals surface area contributed by atoms with Crippen LogP contribution in [0.3, 0.4) is 0 Å². The van der Waals surface area contributed by atoms with Crippen molar-refractivity contribution < 1.29 is 14.3 Å². The number of hydrogen-bond acceptors (Lipinski definition) is 5. The Kier molecular flexibility index (Phi) is 6.28. The normalized spacial score (nSPS) is 18.2. The Hall–Kier alpha value is -3.19. The standard InChI is InChI=1S/C25H27N3O3S/c1-16-11-17(2)13-20(12-16)28-24(30)21(23(29)26-25(28)32)14-18-7-8-19(15-22(18)31-3)27-9-5-4-6-10-27/h7-8,11-15H,4-6,9-10H2,1-3H3,(H,26,29,32)/b21-14+. The quantitative estimate of drug-likeness (QED) is 0.432. The summed E-state index contributed by atoms with van der Waals surface area (Å²) in [6.45, 7) is 5.95. The van der Waals surface area contributed by atoms with Gasteiger partial charge in [-0.25, -0.2) is 0 Å². The fourth-order valence-corrected chi connectivity index (χ4v) is 4.58. The highest BCUT2D eigenvalue weighted by atomic mass is 32.1. The zero-order valence-electron chi connectivity index (χ0n) is 18.6. The van der Waals surface area contributed by atoms with E-state index in [2.05, 4.69) is 10.2 Å². The van der Waals surface area contributed by atoms with Gasteiger partial charge in [-0.1, -0.05) is 6.07 Å². The maximum atomic E-state index is 13.3. The molecule has 2 heterocycles. The first kappa shape index (κ1) is 22.0. The third-order valence-corrected chi connectivity index (χ3v) is 6.09. The van der Waals surface area contributed by atoms with E-state index in [1.807, 2.05) is 50.2 Å². The van der Waals surface area contributed by atoms with E-state index in [0.29, 0.717) is 17.0 Å². The molecule has 0 spiro atoms. The molecule has 2 aliphatic rings. The summed E-state index contributed by atoms with van der Waals surface area (Å²) in [6.07, 6.45) is 5.19. The minimum atomic E-state index is -0.511. The van der Waals surface area contributed by atoms with Crippen molar-refractivity contribution in [3.63, 3.8) is 0 Å². The molecule has 2 saturated heterocycles. The summed E-state index contributed by atoms with van der Waals surface area (Å²) in [6, 6.07) is 11.6. The molecule has 0 radical (unpaired) electrons. The number of benzene rings is 2. The highest BCUT2D eigenvalue weighted by Crippen LogP contribution is 2.31. The second-order valence-electron chi connectivity index (χ2n) is 8.28. The van der Waals surface area contributed by atoms with Crippen molar-refractivity contribution in [1.29, 1.82) is 0 Å². The molecule has 0 atom stereocenters. The van der Waals surface area contributed by atoms with E-state index in [9.17, 15) is 9.59 Å². The third kappa shape index (κ3) is 4.39. The first-order valence-electron chi connectivity index (χ1n) is 10.8. The Labute approximate surface area is 193 Å². The summed E-state index contributed by atoms with van der Waals surface area (Å²) in [5.74, 6) is -0.346. The number of rotatable bonds is 4. The van der Waals surface area contributed by atoms with Crippen molar-refractivity contribution in [3.05, 3.63) is 58.7 Å². The monoisotopic (exact) mass is 449 g/mol. The number of ether oxygens (including phenoxy) is 1. The molecule has 2 aliphatic heterocycles. The van der Waals surface area contributed by atoms with Crippen LogP contribution in [0.25, 0.3) is 6.08 Å². The van der Waals surface area contributed by atoms with Gasteiger partial charge < -0.3 is 9.64 Å². The summed E-state index contributed by atoms with van der Waals surface area (Å²) < 4.78 is 5.60. The maximum Gasteiger partial charge on any atom is 0.270 e. The molecule has 2 fully saturated rings. The number of carbonyl (C=O) groups is 2. The Morgan fingerprint density at radius 1 is 0.969 bits per heavy atom. The van der Waals surface area contributed by atoms with Gasteiger partial charge >= 0.3 is 0 Å². The van der Waals surface area contributed by atoms with Gasteiger partial charge in [0.2, 0.25) is 0 Å². The number of hydrogen-bond donors (Lipinski definition) is 1. The van der Waals surface area contributed by atoms with Crippen molar-refractivity contribution in [2.45, 2.75) is 33.1 Å². The summed E-state index contributed by atoms with van der Waals surface area (Å²) in [7, 11) is 1.59. The molecule has 32 heavy (non-hydrogen) atoms. The molecule has 2 aromatic rings. The minimum absolute atomic E-state index is 0.0155. The average Bonchev–Trinajstić information content (AvgIpc) is 2.76. The fraction of sp³-hybridized carbons (Fsp3) is 0.320. The van der Waals surface area contributed by atoms with Crippen molar-refractivity contribution in [2.75, 3.05) is 30.0 Å². The summed E-state index contributed by atoms with van der Waals surface area (Å²) >= 11 is 5.32. The van der Waals surface area contributed by atoms with E-state index >= 15 is 0 Å². The van der Waals surface area contributed by atoms with Gasteiger partial charge in [0.05, 0.1) is 12.8 Å². The van der Waals surface area contributed by atoms with Gasteiger partial charge in [-0.3, -0.25) is 19.8 Å². The number of anilines is 2. The zero-order chi connectivity index (χ0) is 22.8. The van der Waals surface area contributed by atoms with Crippen LogP contribution in [0, 0.1) is 13.8 Å². The lowest BCUT2D eigenvalue weighted by atomic mass is 10.0. The predicted octanol–water partition coefficient (Wildman–Crippen LogP) is 4.13. The van der Waals surface area contributed by atoms with Crippen LogP contribution < -0.4 is 19.9 Å². The Morgan fingerprint density at radius 2 is 1.66 bits per heavy atom. The Morgan fingerprint density at radius 3 is 2.31 bits per heavy atom. The number of aryl methyl sites for hydroxylation is 2. The highest BCUT2D eigenvalue weighted by molar-refractivity contribution is 7.80. The summed E-state index contributed by atoms with van der Waals surface area (Å²) in [5, 5.41) is 2.73. The maximum absolute atomic E-state index is 13.3. The number of nitrogens with one attached hydrogen (secondary N) is 1. The average molecular weight is 450 g/mol. The molecule has 166 valence electrons. The molecular weight excluding hydrogens is 422 g/mol. The third-order valence-electron chi connectivity index (χ3n) is 5.80. The fourth-order valence-electron chi connectivity index (χ4n) is 4.30. The molecule has 2 amide bonds. The van der Waals surface area contributed by atoms with Crippen LogP contribution in [0.1, 0.15) is 36.0 Å². The zero-order valence-corrected chi connectivity index (χ0v) is 19.4. The van der Waals surface area contributed by atoms with Crippen LogP contribution in [-0.2, 0) is 9.59 Å². The van der Waals surface area contributed by atoms with E-state index in [4.69, 9.17) is 17.0 Å². The van der Waals surface area contributed by atoms with Crippen molar-refractivity contribution in [3.8, 4) is 5.75 Å². The van der Waals surface area contributed by atoms with Crippen molar-refractivity contribution >= 4 is 46.6 Å². The Bertz CT molecular complexity index is 1100. The largest absolute Gasteiger partial charge is 0.496 e. The van der Waals surface area contributed by atoms with Gasteiger partial charge in [0.1, 0.15) is 11.3 Å². The summed E-state index contributed by atoms with van der Waals surface area (Å²) in [4.78, 5) is 29.7. The predicted molar refractivity (Wildman–Crippen MR) is 131 cm³/mol. The SMILES string of the molecule is COc1cc(N2CCCCC2)ccc1/C=C1\C(=O)NC(=S)N(c2cc(C)cc(C)c2)C1=O. The van der Waals surface area contributed by atoms with Crippen molar-refractivity contribution in [2.24, 2.45) is 0 Å². The number of nitrogens with zero attached hydrogens (tertiary/aromatic N) is 2.